The van der Waals surface area contributed by atoms with E-state index in [9.17, 15) is 0 Å². The molecule has 0 aromatic carbocycles. The molecule has 0 amide bonds. The van der Waals surface area contributed by atoms with Crippen LogP contribution >= 0.6 is 27.0 Å². The molecule has 0 N–H and O–H groups in total. The number of halogens is 1. The first kappa shape index (κ1) is 27.0. The van der Waals surface area contributed by atoms with Crippen molar-refractivity contribution in [2.24, 2.45) is 11.8 Å². The van der Waals surface area contributed by atoms with Gasteiger partial charge in [0.2, 0.25) is 6.54 Å². The highest BCUT2D eigenvalue weighted by Crippen LogP contribution is 2.48. The van der Waals surface area contributed by atoms with E-state index >= 15 is 0 Å². The lowest BCUT2D eigenvalue weighted by Crippen LogP contribution is -2.24. The summed E-state index contributed by atoms with van der Waals surface area (Å²) in [5.74, 6) is 0.778. The van der Waals surface area contributed by atoms with Crippen molar-refractivity contribution >= 4 is 27.0 Å². The van der Waals surface area contributed by atoms with E-state index < -0.39 is 22.4 Å². The number of nitrogens with zero attached hydrogens (tertiary/aromatic N) is 3. The molecule has 0 aromatic heterocycles. The second-order valence-corrected chi connectivity index (χ2v) is 12.9. The molecule has 8 atom stereocenters. The number of ether oxygens (including phenoxy) is 2. The maximum atomic E-state index is 8.66. The van der Waals surface area contributed by atoms with E-state index in [1.165, 1.54) is 12.8 Å². The van der Waals surface area contributed by atoms with Gasteiger partial charge in [-0.1, -0.05) is 25.1 Å². The Morgan fingerprint density at radius 3 is 2.26 bits per heavy atom. The van der Waals surface area contributed by atoms with Gasteiger partial charge < -0.3 is 23.4 Å². The minimum absolute atomic E-state index is 0.149. The topological polar surface area (TPSA) is 68.3 Å². The normalized spacial score (nSPS) is 33.8. The molecule has 3 heterocycles. The van der Waals surface area contributed by atoms with Crippen LogP contribution in [0.2, 0.25) is 0 Å². The molecule has 0 spiro atoms. The van der Waals surface area contributed by atoms with Crippen LogP contribution in [-0.2, 0) is 18.5 Å². The Labute approximate surface area is 216 Å². The van der Waals surface area contributed by atoms with Crippen LogP contribution in [0.5, 0.6) is 0 Å². The predicted molar refractivity (Wildman–Crippen MR) is 140 cm³/mol. The zero-order valence-electron chi connectivity index (χ0n) is 22.6. The van der Waals surface area contributed by atoms with E-state index in [4.69, 9.17) is 44.3 Å². The third-order valence-corrected chi connectivity index (χ3v) is 10.5. The molecule has 3 aliphatic rings. The number of nitriles is 1. The Hall–Kier alpha value is -0.0700. The molecule has 7 nitrogen and oxygen atoms in total. The van der Waals surface area contributed by atoms with Crippen molar-refractivity contribution in [3.63, 3.8) is 0 Å². The SMILES string of the molecule is [3H][C@H]1C[C@H](CP(Cl)OCC[N+]#[C-])[C@@H](CC)O1.[3H][C@H]1C[C@H](CP(OCCC#N)N2CCCC2)[C@@H](CC)O1. The van der Waals surface area contributed by atoms with Crippen LogP contribution in [0.15, 0.2) is 0 Å². The van der Waals surface area contributed by atoms with Crippen molar-refractivity contribution in [1.82, 2.24) is 4.67 Å². The molecule has 0 aromatic rings. The van der Waals surface area contributed by atoms with E-state index in [0.29, 0.717) is 38.0 Å². The number of rotatable bonds is 13. The van der Waals surface area contributed by atoms with Gasteiger partial charge in [-0.3, -0.25) is 4.67 Å². The molecule has 10 heteroatoms. The van der Waals surface area contributed by atoms with Gasteiger partial charge in [0.15, 0.2) is 0 Å². The summed E-state index contributed by atoms with van der Waals surface area (Å²) < 4.78 is 40.3. The average Bonchev–Trinajstić information content (AvgIpc) is 3.59. The number of hydrogen-bond acceptors (Lipinski definition) is 6. The maximum absolute atomic E-state index is 8.66. The Morgan fingerprint density at radius 1 is 1.09 bits per heavy atom. The van der Waals surface area contributed by atoms with Crippen LogP contribution in [0.1, 0.15) is 61.5 Å². The van der Waals surface area contributed by atoms with Crippen LogP contribution < -0.4 is 0 Å². The van der Waals surface area contributed by atoms with Crippen molar-refractivity contribution in [3.8, 4) is 6.07 Å². The zero-order chi connectivity index (χ0) is 26.3. The Bertz CT molecular complexity index is 699. The molecule has 0 aliphatic carbocycles. The highest BCUT2D eigenvalue weighted by atomic mass is 35.7. The Balaban J connectivity index is 0.000000261. The second-order valence-electron chi connectivity index (χ2n) is 8.64. The fourth-order valence-corrected chi connectivity index (χ4v) is 8.56. The van der Waals surface area contributed by atoms with Gasteiger partial charge >= 0.3 is 0 Å². The molecule has 3 rings (SSSR count). The molecule has 3 fully saturated rings. The first-order valence-corrected chi connectivity index (χ1v) is 16.2. The number of hydrogen-bond donors (Lipinski definition) is 0. The van der Waals surface area contributed by atoms with Gasteiger partial charge in [-0.15, -0.1) is 0 Å². The molecule has 0 radical (unpaired) electrons. The van der Waals surface area contributed by atoms with Crippen LogP contribution in [0.25, 0.3) is 4.85 Å². The summed E-state index contributed by atoms with van der Waals surface area (Å²) in [5, 5.41) is 8.66. The van der Waals surface area contributed by atoms with E-state index in [2.05, 4.69) is 29.4 Å². The minimum atomic E-state index is -0.989. The van der Waals surface area contributed by atoms with Gasteiger partial charge in [0.1, 0.15) is 22.4 Å². The first-order chi connectivity index (χ1) is 17.4. The smallest absolute Gasteiger partial charge is 0.238 e. The summed E-state index contributed by atoms with van der Waals surface area (Å²) in [7, 11) is -1.61. The van der Waals surface area contributed by atoms with Gasteiger partial charge in [0.25, 0.3) is 0 Å². The molecule has 194 valence electrons. The maximum Gasteiger partial charge on any atom is 0.238 e. The third kappa shape index (κ3) is 10.9. The molecule has 0 saturated carbocycles. The molecular formula is C24H42ClN3O4P2. The molecular weight excluding hydrogens is 492 g/mol. The van der Waals surface area contributed by atoms with E-state index in [-0.39, 0.29) is 18.8 Å². The summed E-state index contributed by atoms with van der Waals surface area (Å²) in [4.78, 5) is 3.20. The van der Waals surface area contributed by atoms with Gasteiger partial charge in [0.05, 0.1) is 34.0 Å². The zero-order valence-corrected chi connectivity index (χ0v) is 23.2. The lowest BCUT2D eigenvalue weighted by molar-refractivity contribution is 0.0911. The largest absolute Gasteiger partial charge is 0.378 e. The molecule has 2 unspecified atom stereocenters. The van der Waals surface area contributed by atoms with E-state index in [1.807, 2.05) is 0 Å². The standard InChI is InChI=1S/C14H25N2O2P.C10H17ClNO2P/c1-2-14-13(6-11-17-14)12-19(18-10-5-7-15)16-8-3-4-9-16;1-3-10-9(4-6-13-10)8-15(11)14-7-5-12-2/h13-14H,2-6,8-12H2,1H3;9-10H,3-8H2,1H3/t13-,14-,19?;9-,10-,15?/m11/s1/i11T;6T/t11-,13+,14+,19?;6-,9+,10+,15?/m00. The van der Waals surface area contributed by atoms with Gasteiger partial charge in [-0.05, 0) is 50.4 Å². The fraction of sp³-hybridized carbons (Fsp3) is 0.917. The summed E-state index contributed by atoms with van der Waals surface area (Å²) in [6.07, 6.45) is 8.55. The van der Waals surface area contributed by atoms with Crippen LogP contribution in [0, 0.1) is 29.7 Å². The molecule has 34 heavy (non-hydrogen) atoms. The molecule has 3 saturated heterocycles. The summed E-state index contributed by atoms with van der Waals surface area (Å²) in [6.45, 7) is 13.6. The molecule has 0 bridgehead atoms. The first-order valence-electron chi connectivity index (χ1n) is 13.6. The van der Waals surface area contributed by atoms with Crippen molar-refractivity contribution in [2.45, 2.75) is 71.0 Å². The van der Waals surface area contributed by atoms with Crippen LogP contribution in [-0.4, -0.2) is 75.2 Å². The van der Waals surface area contributed by atoms with Crippen molar-refractivity contribution in [2.75, 3.05) is 58.3 Å². The Morgan fingerprint density at radius 2 is 1.71 bits per heavy atom. The van der Waals surface area contributed by atoms with Crippen LogP contribution in [0.3, 0.4) is 0 Å². The summed E-state index contributed by atoms with van der Waals surface area (Å²) in [6, 6.07) is 2.15. The second kappa shape index (κ2) is 18.2. The molecule has 3 aliphatic heterocycles. The summed E-state index contributed by atoms with van der Waals surface area (Å²) >= 11 is 6.09. The van der Waals surface area contributed by atoms with E-state index in [1.54, 1.807) is 0 Å². The third-order valence-electron chi connectivity index (χ3n) is 6.25. The minimum Gasteiger partial charge on any atom is -0.378 e. The monoisotopic (exact) mass is 537 g/mol. The lowest BCUT2D eigenvalue weighted by Gasteiger charge is -2.30. The Kier molecular flexibility index (Phi) is 14.5. The average molecular weight is 538 g/mol. The van der Waals surface area contributed by atoms with Crippen LogP contribution in [0.4, 0.5) is 0 Å². The van der Waals surface area contributed by atoms with Gasteiger partial charge in [0, 0.05) is 38.6 Å². The van der Waals surface area contributed by atoms with E-state index in [0.717, 1.165) is 51.1 Å². The fourth-order valence-electron chi connectivity index (χ4n) is 4.37. The predicted octanol–water partition coefficient (Wildman–Crippen LogP) is 6.43. The summed E-state index contributed by atoms with van der Waals surface area (Å²) in [5.41, 5.74) is 0. The highest BCUT2D eigenvalue weighted by Gasteiger charge is 2.33. The lowest BCUT2D eigenvalue weighted by atomic mass is 10.0. The van der Waals surface area contributed by atoms with Crippen molar-refractivity contribution < 1.29 is 21.3 Å². The van der Waals surface area contributed by atoms with Gasteiger partial charge in [-0.2, -0.15) is 5.26 Å². The highest BCUT2D eigenvalue weighted by molar-refractivity contribution is 7.80. The quantitative estimate of drug-likeness (QED) is 0.153. The van der Waals surface area contributed by atoms with Crippen molar-refractivity contribution in [3.05, 3.63) is 11.4 Å². The van der Waals surface area contributed by atoms with Crippen molar-refractivity contribution in [1.29, 1.82) is 5.26 Å². The van der Waals surface area contributed by atoms with Gasteiger partial charge in [-0.25, -0.2) is 6.57 Å².